The van der Waals surface area contributed by atoms with Gasteiger partial charge in [0.1, 0.15) is 5.69 Å². The molecule has 0 spiro atoms. The third-order valence-electron chi connectivity index (χ3n) is 1.15. The van der Waals surface area contributed by atoms with Crippen LogP contribution in [0.5, 0.6) is 0 Å². The monoisotopic (exact) mass is 367 g/mol. The van der Waals surface area contributed by atoms with E-state index in [0.29, 0.717) is 8.04 Å². The minimum Gasteiger partial charge on any atom is -0.253 e. The van der Waals surface area contributed by atoms with Crippen LogP contribution in [0.4, 0.5) is 8.78 Å². The Labute approximate surface area is 94.8 Å². The van der Waals surface area contributed by atoms with Crippen LogP contribution in [0.2, 0.25) is 5.02 Å². The molecule has 0 aromatic carbocycles. The zero-order valence-electron chi connectivity index (χ0n) is 5.49. The fourth-order valence-corrected chi connectivity index (χ4v) is 1.72. The van der Waals surface area contributed by atoms with E-state index in [1.165, 1.54) is 6.20 Å². The van der Waals surface area contributed by atoms with Gasteiger partial charge in [0.25, 0.3) is 6.43 Å². The van der Waals surface area contributed by atoms with E-state index in [1.54, 1.807) is 0 Å². The quantitative estimate of drug-likeness (QED) is 0.682. The average molecular weight is 368 g/mol. The summed E-state index contributed by atoms with van der Waals surface area (Å²) in [7, 11) is 0. The van der Waals surface area contributed by atoms with Gasteiger partial charge in [-0.3, -0.25) is 4.98 Å². The standard InChI is InChI=1S/C6H2BrClF2IN/c7-3-2(11)1-12-5(4(3)8)6(9)10/h1,6H. The maximum absolute atomic E-state index is 12.2. The second-order valence-electron chi connectivity index (χ2n) is 1.92. The first-order chi connectivity index (χ1) is 5.54. The van der Waals surface area contributed by atoms with E-state index in [9.17, 15) is 8.78 Å². The molecular weight excluding hydrogens is 366 g/mol. The second-order valence-corrected chi connectivity index (χ2v) is 4.25. The van der Waals surface area contributed by atoms with Gasteiger partial charge in [0.05, 0.1) is 9.50 Å². The number of hydrogen-bond acceptors (Lipinski definition) is 1. The maximum Gasteiger partial charge on any atom is 0.281 e. The van der Waals surface area contributed by atoms with E-state index >= 15 is 0 Å². The van der Waals surface area contributed by atoms with Crippen molar-refractivity contribution < 1.29 is 8.78 Å². The van der Waals surface area contributed by atoms with E-state index in [1.807, 2.05) is 22.6 Å². The van der Waals surface area contributed by atoms with Crippen molar-refractivity contribution in [3.63, 3.8) is 0 Å². The average Bonchev–Trinajstić information content (AvgIpc) is 2.00. The molecule has 0 amide bonds. The summed E-state index contributed by atoms with van der Waals surface area (Å²) in [5, 5.41) is -0.0168. The summed E-state index contributed by atoms with van der Waals surface area (Å²) < 4.78 is 25.5. The molecule has 0 saturated heterocycles. The first-order valence-electron chi connectivity index (χ1n) is 2.81. The molecule has 12 heavy (non-hydrogen) atoms. The molecule has 0 bridgehead atoms. The number of alkyl halides is 2. The van der Waals surface area contributed by atoms with E-state index in [-0.39, 0.29) is 10.7 Å². The summed E-state index contributed by atoms with van der Waals surface area (Å²) >= 11 is 10.6. The molecule has 0 atom stereocenters. The van der Waals surface area contributed by atoms with Gasteiger partial charge in [-0.2, -0.15) is 0 Å². The highest BCUT2D eigenvalue weighted by Gasteiger charge is 2.17. The normalized spacial score (nSPS) is 10.8. The lowest BCUT2D eigenvalue weighted by atomic mass is 10.4. The molecule has 0 fully saturated rings. The van der Waals surface area contributed by atoms with Crippen molar-refractivity contribution in [3.8, 4) is 0 Å². The summed E-state index contributed by atoms with van der Waals surface area (Å²) in [5.41, 5.74) is -0.385. The molecule has 1 nitrogen and oxygen atoms in total. The van der Waals surface area contributed by atoms with Crippen LogP contribution in [0.15, 0.2) is 10.7 Å². The van der Waals surface area contributed by atoms with Gasteiger partial charge >= 0.3 is 0 Å². The predicted octanol–water partition coefficient (Wildman–Crippen LogP) is 4.04. The SMILES string of the molecule is FC(F)c1ncc(I)c(Br)c1Cl. The van der Waals surface area contributed by atoms with Crippen molar-refractivity contribution in [2.75, 3.05) is 0 Å². The molecule has 1 aromatic heterocycles. The van der Waals surface area contributed by atoms with Crippen molar-refractivity contribution >= 4 is 50.1 Å². The lowest BCUT2D eigenvalue weighted by Gasteiger charge is -2.04. The lowest BCUT2D eigenvalue weighted by molar-refractivity contribution is 0.146. The first-order valence-corrected chi connectivity index (χ1v) is 5.06. The molecule has 1 aromatic rings. The zero-order chi connectivity index (χ0) is 9.30. The van der Waals surface area contributed by atoms with Crippen LogP contribution in [0.1, 0.15) is 12.1 Å². The minimum absolute atomic E-state index is 0.0168. The van der Waals surface area contributed by atoms with E-state index in [4.69, 9.17) is 11.6 Å². The van der Waals surface area contributed by atoms with Crippen molar-refractivity contribution in [1.82, 2.24) is 4.98 Å². The molecule has 0 aliphatic rings. The third kappa shape index (κ3) is 2.05. The van der Waals surface area contributed by atoms with E-state index in [2.05, 4.69) is 20.9 Å². The highest BCUT2D eigenvalue weighted by Crippen LogP contribution is 2.33. The molecule has 0 radical (unpaired) electrons. The lowest BCUT2D eigenvalue weighted by Crippen LogP contribution is -1.93. The van der Waals surface area contributed by atoms with Gasteiger partial charge in [-0.25, -0.2) is 8.78 Å². The van der Waals surface area contributed by atoms with Crippen molar-refractivity contribution in [2.45, 2.75) is 6.43 Å². The van der Waals surface area contributed by atoms with Crippen LogP contribution < -0.4 is 0 Å². The van der Waals surface area contributed by atoms with Crippen LogP contribution in [0.3, 0.4) is 0 Å². The van der Waals surface area contributed by atoms with Gasteiger partial charge in [0, 0.05) is 9.77 Å². The van der Waals surface area contributed by atoms with Gasteiger partial charge < -0.3 is 0 Å². The number of aromatic nitrogens is 1. The Morgan fingerprint density at radius 2 is 2.17 bits per heavy atom. The molecule has 0 saturated carbocycles. The predicted molar refractivity (Wildman–Crippen MR) is 54.6 cm³/mol. The highest BCUT2D eigenvalue weighted by molar-refractivity contribution is 14.1. The van der Waals surface area contributed by atoms with Crippen molar-refractivity contribution in [1.29, 1.82) is 0 Å². The highest BCUT2D eigenvalue weighted by atomic mass is 127. The number of hydrogen-bond donors (Lipinski definition) is 0. The van der Waals surface area contributed by atoms with Gasteiger partial charge in [-0.05, 0) is 38.5 Å². The largest absolute Gasteiger partial charge is 0.281 e. The molecule has 0 aliphatic heterocycles. The fraction of sp³-hybridized carbons (Fsp3) is 0.167. The summed E-state index contributed by atoms with van der Waals surface area (Å²) in [4.78, 5) is 3.52. The molecule has 0 aliphatic carbocycles. The maximum atomic E-state index is 12.2. The number of nitrogens with zero attached hydrogens (tertiary/aromatic N) is 1. The van der Waals surface area contributed by atoms with Gasteiger partial charge in [-0.15, -0.1) is 0 Å². The number of pyridine rings is 1. The van der Waals surface area contributed by atoms with Gasteiger partial charge in [0.2, 0.25) is 0 Å². The summed E-state index contributed by atoms with van der Waals surface area (Å²) in [6, 6.07) is 0. The van der Waals surface area contributed by atoms with Crippen molar-refractivity contribution in [3.05, 3.63) is 25.0 Å². The summed E-state index contributed by atoms with van der Waals surface area (Å²) in [6.45, 7) is 0. The van der Waals surface area contributed by atoms with Crippen molar-refractivity contribution in [2.24, 2.45) is 0 Å². The van der Waals surface area contributed by atoms with Gasteiger partial charge in [0.15, 0.2) is 0 Å². The first kappa shape index (κ1) is 10.6. The number of rotatable bonds is 1. The molecule has 1 rings (SSSR count). The smallest absolute Gasteiger partial charge is 0.253 e. The Morgan fingerprint density at radius 3 is 2.67 bits per heavy atom. The van der Waals surface area contributed by atoms with Gasteiger partial charge in [-0.1, -0.05) is 11.6 Å². The second kappa shape index (κ2) is 4.15. The Balaban J connectivity index is 3.27. The fourth-order valence-electron chi connectivity index (χ4n) is 0.609. The Bertz CT molecular complexity index is 308. The van der Waals surface area contributed by atoms with Crippen LogP contribution in [0.25, 0.3) is 0 Å². The summed E-state index contributed by atoms with van der Waals surface area (Å²) in [6.07, 6.45) is -1.29. The topological polar surface area (TPSA) is 12.9 Å². The van der Waals surface area contributed by atoms with E-state index < -0.39 is 6.43 Å². The molecule has 0 N–H and O–H groups in total. The van der Waals surface area contributed by atoms with Crippen LogP contribution in [0, 0.1) is 3.57 Å². The zero-order valence-corrected chi connectivity index (χ0v) is 9.99. The van der Waals surface area contributed by atoms with Crippen LogP contribution in [-0.2, 0) is 0 Å². The molecule has 66 valence electrons. The number of halogens is 5. The van der Waals surface area contributed by atoms with E-state index in [0.717, 1.165) is 0 Å². The third-order valence-corrected chi connectivity index (χ3v) is 4.14. The molecule has 1 heterocycles. The Kier molecular flexibility index (Phi) is 3.66. The minimum atomic E-state index is -2.63. The molecule has 6 heteroatoms. The molecule has 0 unspecified atom stereocenters. The summed E-state index contributed by atoms with van der Waals surface area (Å²) in [5.74, 6) is 0. The van der Waals surface area contributed by atoms with Crippen LogP contribution >= 0.6 is 50.1 Å². The van der Waals surface area contributed by atoms with Crippen LogP contribution in [-0.4, -0.2) is 4.98 Å². The molecular formula is C6H2BrClF2IN. The Morgan fingerprint density at radius 1 is 1.58 bits per heavy atom. The Hall–Kier alpha value is 0.510.